The Hall–Kier alpha value is -4.27. The molecule has 0 aliphatic heterocycles. The van der Waals surface area contributed by atoms with Gasteiger partial charge < -0.3 is 19.2 Å². The van der Waals surface area contributed by atoms with Crippen LogP contribution >= 0.6 is 0 Å². The number of nitrogens with one attached hydrogen (secondary N) is 1. The second-order valence-electron chi connectivity index (χ2n) is 10.5. The van der Waals surface area contributed by atoms with Crippen molar-refractivity contribution in [3.8, 4) is 28.3 Å². The second-order valence-corrected chi connectivity index (χ2v) is 10.5. The molecule has 1 saturated carbocycles. The van der Waals surface area contributed by atoms with E-state index in [1.54, 1.807) is 36.4 Å². The lowest BCUT2D eigenvalue weighted by Crippen LogP contribution is -2.52. The molecule has 202 valence electrons. The lowest BCUT2D eigenvalue weighted by molar-refractivity contribution is -0.0523. The molecule has 0 atom stereocenters. The van der Waals surface area contributed by atoms with Crippen molar-refractivity contribution in [2.24, 2.45) is 0 Å². The smallest absolute Gasteiger partial charge is 0.408 e. The first-order valence-corrected chi connectivity index (χ1v) is 12.6. The molecule has 1 N–H and O–H groups in total. The zero-order valence-corrected chi connectivity index (χ0v) is 21.8. The number of benzene rings is 2. The van der Waals surface area contributed by atoms with Gasteiger partial charge in [0.1, 0.15) is 11.4 Å². The summed E-state index contributed by atoms with van der Waals surface area (Å²) in [4.78, 5) is 30.2. The Morgan fingerprint density at radius 1 is 1.03 bits per heavy atom. The third kappa shape index (κ3) is 5.34. The average molecular weight is 535 g/mol. The van der Waals surface area contributed by atoms with E-state index >= 15 is 0 Å². The number of nitrogens with zero attached hydrogens (tertiary/aromatic N) is 1. The fraction of sp³-hybridized carbons (Fsp3) is 0.300. The lowest BCUT2D eigenvalue weighted by Gasteiger charge is -2.43. The van der Waals surface area contributed by atoms with Crippen molar-refractivity contribution in [3.63, 3.8) is 0 Å². The summed E-state index contributed by atoms with van der Waals surface area (Å²) in [6, 6.07) is 17.7. The molecule has 7 nitrogen and oxygen atoms in total. The van der Waals surface area contributed by atoms with Crippen LogP contribution in [0.2, 0.25) is 0 Å². The van der Waals surface area contributed by atoms with E-state index in [9.17, 15) is 18.4 Å². The molecule has 0 spiro atoms. The zero-order chi connectivity index (χ0) is 27.8. The highest BCUT2D eigenvalue weighted by atomic mass is 19.3. The summed E-state index contributed by atoms with van der Waals surface area (Å²) >= 11 is 0. The number of fused-ring (bicyclic) bond motifs is 1. The van der Waals surface area contributed by atoms with Gasteiger partial charge >= 0.3 is 12.7 Å². The van der Waals surface area contributed by atoms with Gasteiger partial charge in [0.05, 0.1) is 16.5 Å². The Balaban J connectivity index is 1.60. The van der Waals surface area contributed by atoms with Crippen LogP contribution in [0.25, 0.3) is 33.4 Å². The number of rotatable bonds is 6. The third-order valence-corrected chi connectivity index (χ3v) is 6.68. The van der Waals surface area contributed by atoms with E-state index in [0.29, 0.717) is 11.1 Å². The molecular formula is C30H28F2N2O5. The molecule has 0 unspecified atom stereocenters. The molecule has 2 aromatic carbocycles. The fourth-order valence-electron chi connectivity index (χ4n) is 4.79. The van der Waals surface area contributed by atoms with Crippen molar-refractivity contribution < 1.29 is 27.5 Å². The summed E-state index contributed by atoms with van der Waals surface area (Å²) in [5.74, 6) is -0.253. The number of pyridine rings is 1. The molecule has 0 radical (unpaired) electrons. The van der Waals surface area contributed by atoms with Crippen LogP contribution in [0.3, 0.4) is 0 Å². The van der Waals surface area contributed by atoms with Gasteiger partial charge in [0.2, 0.25) is 11.0 Å². The first-order valence-electron chi connectivity index (χ1n) is 12.6. The molecule has 39 heavy (non-hydrogen) atoms. The predicted octanol–water partition coefficient (Wildman–Crippen LogP) is 7.03. The Kier molecular flexibility index (Phi) is 6.84. The largest absolute Gasteiger partial charge is 0.449 e. The highest BCUT2D eigenvalue weighted by Crippen LogP contribution is 2.42. The second kappa shape index (κ2) is 10.1. The average Bonchev–Trinajstić information content (AvgIpc) is 2.86. The van der Waals surface area contributed by atoms with Crippen LogP contribution in [0.5, 0.6) is 5.88 Å². The van der Waals surface area contributed by atoms with Crippen LogP contribution in [0, 0.1) is 0 Å². The summed E-state index contributed by atoms with van der Waals surface area (Å²) in [6.07, 6.45) is 3.23. The van der Waals surface area contributed by atoms with E-state index in [4.69, 9.17) is 9.15 Å². The van der Waals surface area contributed by atoms with Gasteiger partial charge in [-0.25, -0.2) is 9.78 Å². The molecule has 5 rings (SSSR count). The van der Waals surface area contributed by atoms with Crippen molar-refractivity contribution in [1.29, 1.82) is 0 Å². The highest BCUT2D eigenvalue weighted by Gasteiger charge is 2.41. The van der Waals surface area contributed by atoms with Gasteiger partial charge in [-0.15, -0.1) is 0 Å². The number of carbonyl (C=O) groups excluding carboxylic acids is 1. The lowest BCUT2D eigenvalue weighted by atomic mass is 9.71. The molecule has 0 bridgehead atoms. The number of alkyl halides is 2. The molecule has 1 fully saturated rings. The summed E-state index contributed by atoms with van der Waals surface area (Å²) in [5.41, 5.74) is 0.602. The van der Waals surface area contributed by atoms with Gasteiger partial charge in [0.15, 0.2) is 0 Å². The third-order valence-electron chi connectivity index (χ3n) is 6.68. The van der Waals surface area contributed by atoms with Gasteiger partial charge in [-0.05, 0) is 57.2 Å². The maximum Gasteiger partial charge on any atom is 0.408 e. The highest BCUT2D eigenvalue weighted by molar-refractivity contribution is 5.90. The standard InChI is InChI=1S/C30H28F2N2O5/c1-29(2,3)39-28(36)34-30(15-7-16-30)20-12-10-18(11-13-20)22-23(35)21-14-17-33-26(38-27(31)32)25(21)37-24(22)19-8-5-4-6-9-19/h4-6,8-14,17,27H,7,15-16H2,1-3H3,(H,34,36). The van der Waals surface area contributed by atoms with Gasteiger partial charge in [-0.1, -0.05) is 54.6 Å². The number of carbonyl (C=O) groups is 1. The first kappa shape index (κ1) is 26.3. The van der Waals surface area contributed by atoms with Crippen LogP contribution in [0.4, 0.5) is 13.6 Å². The quantitative estimate of drug-likeness (QED) is 0.286. The van der Waals surface area contributed by atoms with Crippen LogP contribution in [-0.4, -0.2) is 23.3 Å². The summed E-state index contributed by atoms with van der Waals surface area (Å²) in [5, 5.41) is 3.10. The Bertz CT molecular complexity index is 1560. The predicted molar refractivity (Wildman–Crippen MR) is 143 cm³/mol. The van der Waals surface area contributed by atoms with Gasteiger partial charge in [-0.3, -0.25) is 4.79 Å². The van der Waals surface area contributed by atoms with Crippen LogP contribution in [0.1, 0.15) is 45.6 Å². The molecule has 2 heterocycles. The van der Waals surface area contributed by atoms with E-state index in [0.717, 1.165) is 24.8 Å². The number of aromatic nitrogens is 1. The SMILES string of the molecule is CC(C)(C)OC(=O)NC1(c2ccc(-c3c(-c4ccccc4)oc4c(OC(F)F)nccc4c3=O)cc2)CCC1. The first-order chi connectivity index (χ1) is 18.6. The maximum atomic E-state index is 13.8. The fourth-order valence-corrected chi connectivity index (χ4v) is 4.79. The minimum atomic E-state index is -3.13. The molecule has 2 aromatic heterocycles. The maximum absolute atomic E-state index is 13.8. The van der Waals surface area contributed by atoms with Gasteiger partial charge in [0.25, 0.3) is 5.88 Å². The number of amides is 1. The Labute approximate surface area is 223 Å². The minimum absolute atomic E-state index is 0.0708. The van der Waals surface area contributed by atoms with Crippen molar-refractivity contribution in [2.75, 3.05) is 0 Å². The van der Waals surface area contributed by atoms with Crippen molar-refractivity contribution in [2.45, 2.75) is 57.8 Å². The van der Waals surface area contributed by atoms with E-state index in [2.05, 4.69) is 15.0 Å². The van der Waals surface area contributed by atoms with Crippen LogP contribution in [-0.2, 0) is 10.3 Å². The monoisotopic (exact) mass is 534 g/mol. The number of alkyl carbamates (subject to hydrolysis) is 1. The Morgan fingerprint density at radius 3 is 2.31 bits per heavy atom. The van der Waals surface area contributed by atoms with Crippen LogP contribution < -0.4 is 15.5 Å². The van der Waals surface area contributed by atoms with Crippen molar-refractivity contribution in [3.05, 3.63) is 82.6 Å². The molecule has 4 aromatic rings. The van der Waals surface area contributed by atoms with Crippen molar-refractivity contribution >= 4 is 17.1 Å². The molecule has 1 amide bonds. The summed E-state index contributed by atoms with van der Waals surface area (Å²) in [6.45, 7) is 2.31. The summed E-state index contributed by atoms with van der Waals surface area (Å²) in [7, 11) is 0. The minimum Gasteiger partial charge on any atom is -0.449 e. The van der Waals surface area contributed by atoms with E-state index < -0.39 is 35.2 Å². The molecule has 9 heteroatoms. The van der Waals surface area contributed by atoms with Gasteiger partial charge in [-0.2, -0.15) is 8.78 Å². The van der Waals surface area contributed by atoms with E-state index in [-0.39, 0.29) is 22.3 Å². The summed E-state index contributed by atoms with van der Waals surface area (Å²) < 4.78 is 42.1. The normalized spacial score (nSPS) is 14.6. The molecule has 1 aliphatic carbocycles. The topological polar surface area (TPSA) is 90.7 Å². The number of hydrogen-bond acceptors (Lipinski definition) is 6. The Morgan fingerprint density at radius 2 is 1.72 bits per heavy atom. The molecule has 1 aliphatic rings. The zero-order valence-electron chi connectivity index (χ0n) is 21.8. The van der Waals surface area contributed by atoms with E-state index in [1.165, 1.54) is 12.3 Å². The van der Waals surface area contributed by atoms with Crippen molar-refractivity contribution in [1.82, 2.24) is 10.3 Å². The van der Waals surface area contributed by atoms with E-state index in [1.807, 2.05) is 39.0 Å². The molecular weight excluding hydrogens is 506 g/mol. The van der Waals surface area contributed by atoms with Crippen LogP contribution in [0.15, 0.2) is 76.1 Å². The number of halogens is 2. The van der Waals surface area contributed by atoms with Gasteiger partial charge in [0, 0.05) is 11.8 Å². The number of hydrogen-bond donors (Lipinski definition) is 1. The number of ether oxygens (including phenoxy) is 2. The molecule has 0 saturated heterocycles.